The summed E-state index contributed by atoms with van der Waals surface area (Å²) in [5.41, 5.74) is 0. The van der Waals surface area contributed by atoms with Gasteiger partial charge in [-0.15, -0.1) is 0 Å². The summed E-state index contributed by atoms with van der Waals surface area (Å²) in [4.78, 5) is 19.3. The van der Waals surface area contributed by atoms with E-state index in [1.54, 1.807) is 0 Å². The topological polar surface area (TPSA) is 69.6 Å². The second-order valence-corrected chi connectivity index (χ2v) is 5.48. The minimum absolute atomic E-state index is 0.126. The first-order valence-electron chi connectivity index (χ1n) is 6.09. The maximum atomic E-state index is 10.6. The molecule has 1 aliphatic rings. The zero-order valence-corrected chi connectivity index (χ0v) is 11.5. The van der Waals surface area contributed by atoms with Crippen LogP contribution >= 0.6 is 11.5 Å². The monoisotopic (exact) mass is 270 g/mol. The van der Waals surface area contributed by atoms with E-state index in [1.807, 2.05) is 4.90 Å². The summed E-state index contributed by atoms with van der Waals surface area (Å²) in [6.07, 6.45) is 0. The second kappa shape index (κ2) is 5.62. The Morgan fingerprint density at radius 2 is 2.06 bits per heavy atom. The van der Waals surface area contributed by atoms with Crippen molar-refractivity contribution in [1.29, 1.82) is 0 Å². The molecule has 0 aromatic carbocycles. The van der Waals surface area contributed by atoms with Crippen LogP contribution < -0.4 is 4.90 Å². The molecule has 0 radical (unpaired) electrons. The Hall–Kier alpha value is -1.21. The van der Waals surface area contributed by atoms with Gasteiger partial charge in [-0.1, -0.05) is 13.8 Å². The standard InChI is InChI=1S/C11H18N4O2S/c1-8(2)10-12-11(18-13-10)15-5-3-14(4-6-15)7-9(16)17/h8H,3-7H2,1-2H3,(H,16,17). The van der Waals surface area contributed by atoms with Crippen molar-refractivity contribution in [1.82, 2.24) is 14.3 Å². The average Bonchev–Trinajstić information content (AvgIpc) is 2.78. The molecule has 0 spiro atoms. The number of rotatable bonds is 4. The highest BCUT2D eigenvalue weighted by Gasteiger charge is 2.21. The number of aliphatic carboxylic acids is 1. The summed E-state index contributed by atoms with van der Waals surface area (Å²) in [6, 6.07) is 0. The van der Waals surface area contributed by atoms with E-state index in [0.717, 1.165) is 37.1 Å². The fourth-order valence-electron chi connectivity index (χ4n) is 1.88. The van der Waals surface area contributed by atoms with Gasteiger partial charge in [-0.3, -0.25) is 9.69 Å². The first-order valence-corrected chi connectivity index (χ1v) is 6.86. The van der Waals surface area contributed by atoms with E-state index in [4.69, 9.17) is 5.11 Å². The summed E-state index contributed by atoms with van der Waals surface area (Å²) in [5, 5.41) is 9.69. The molecule has 1 N–H and O–H groups in total. The predicted molar refractivity (Wildman–Crippen MR) is 70.3 cm³/mol. The Bertz CT molecular complexity index is 413. The van der Waals surface area contributed by atoms with Crippen LogP contribution in [0, 0.1) is 0 Å². The van der Waals surface area contributed by atoms with Gasteiger partial charge in [-0.25, -0.2) is 4.98 Å². The van der Waals surface area contributed by atoms with Crippen LogP contribution in [0.15, 0.2) is 0 Å². The molecule has 0 bridgehead atoms. The third-order valence-electron chi connectivity index (χ3n) is 2.95. The molecule has 0 amide bonds. The van der Waals surface area contributed by atoms with Crippen LogP contribution in [0.2, 0.25) is 0 Å². The molecule has 0 saturated carbocycles. The SMILES string of the molecule is CC(C)c1nsc(N2CCN(CC(=O)O)CC2)n1. The van der Waals surface area contributed by atoms with Crippen LogP contribution in [0.5, 0.6) is 0 Å². The summed E-state index contributed by atoms with van der Waals surface area (Å²) >= 11 is 1.43. The van der Waals surface area contributed by atoms with Crippen LogP contribution in [-0.2, 0) is 4.79 Å². The number of aromatic nitrogens is 2. The fraction of sp³-hybridized carbons (Fsp3) is 0.727. The minimum atomic E-state index is -0.763. The maximum Gasteiger partial charge on any atom is 0.317 e. The number of carboxylic acid groups (broad SMARTS) is 1. The molecule has 7 heteroatoms. The molecule has 1 aromatic heterocycles. The highest BCUT2D eigenvalue weighted by molar-refractivity contribution is 7.09. The minimum Gasteiger partial charge on any atom is -0.480 e. The molecule has 2 heterocycles. The molecule has 0 atom stereocenters. The third-order valence-corrected chi connectivity index (χ3v) is 3.74. The summed E-state index contributed by atoms with van der Waals surface area (Å²) < 4.78 is 4.34. The van der Waals surface area contributed by atoms with E-state index >= 15 is 0 Å². The highest BCUT2D eigenvalue weighted by atomic mass is 32.1. The lowest BCUT2D eigenvalue weighted by atomic mass is 10.2. The zero-order chi connectivity index (χ0) is 13.1. The van der Waals surface area contributed by atoms with Gasteiger partial charge in [-0.05, 0) is 0 Å². The van der Waals surface area contributed by atoms with Crippen molar-refractivity contribution in [2.75, 3.05) is 37.6 Å². The number of carbonyl (C=O) groups is 1. The summed E-state index contributed by atoms with van der Waals surface area (Å²) in [5.74, 6) is 0.479. The van der Waals surface area contributed by atoms with Gasteiger partial charge in [0.05, 0.1) is 6.54 Å². The largest absolute Gasteiger partial charge is 0.480 e. The summed E-state index contributed by atoms with van der Waals surface area (Å²) in [7, 11) is 0. The van der Waals surface area contributed by atoms with Crippen LogP contribution in [0.3, 0.4) is 0 Å². The molecule has 1 saturated heterocycles. The van der Waals surface area contributed by atoms with Gasteiger partial charge in [0, 0.05) is 43.6 Å². The highest BCUT2D eigenvalue weighted by Crippen LogP contribution is 2.22. The average molecular weight is 270 g/mol. The lowest BCUT2D eigenvalue weighted by Crippen LogP contribution is -2.47. The molecule has 1 aliphatic heterocycles. The molecule has 1 aromatic rings. The van der Waals surface area contributed by atoms with E-state index in [2.05, 4.69) is 28.1 Å². The zero-order valence-electron chi connectivity index (χ0n) is 10.7. The number of nitrogens with zero attached hydrogens (tertiary/aromatic N) is 4. The van der Waals surface area contributed by atoms with Gasteiger partial charge in [0.15, 0.2) is 0 Å². The molecule has 1 fully saturated rings. The van der Waals surface area contributed by atoms with Crippen LogP contribution in [0.25, 0.3) is 0 Å². The lowest BCUT2D eigenvalue weighted by Gasteiger charge is -2.33. The molecular weight excluding hydrogens is 252 g/mol. The Morgan fingerprint density at radius 3 is 2.56 bits per heavy atom. The van der Waals surface area contributed by atoms with Crippen molar-refractivity contribution >= 4 is 22.6 Å². The Labute approximate surface area is 110 Å². The fourth-order valence-corrected chi connectivity index (χ4v) is 2.74. The normalized spacial score (nSPS) is 17.4. The molecular formula is C11H18N4O2S. The Morgan fingerprint density at radius 1 is 1.39 bits per heavy atom. The lowest BCUT2D eigenvalue weighted by molar-refractivity contribution is -0.138. The molecule has 6 nitrogen and oxygen atoms in total. The van der Waals surface area contributed by atoms with Gasteiger partial charge in [-0.2, -0.15) is 4.37 Å². The van der Waals surface area contributed by atoms with Gasteiger partial charge in [0.2, 0.25) is 5.13 Å². The number of hydrogen-bond donors (Lipinski definition) is 1. The van der Waals surface area contributed by atoms with Gasteiger partial charge >= 0.3 is 5.97 Å². The van der Waals surface area contributed by atoms with Crippen molar-refractivity contribution in [2.45, 2.75) is 19.8 Å². The number of piperazine rings is 1. The van der Waals surface area contributed by atoms with Gasteiger partial charge in [0.1, 0.15) is 5.82 Å². The Kier molecular flexibility index (Phi) is 4.13. The van der Waals surface area contributed by atoms with E-state index in [0.29, 0.717) is 5.92 Å². The number of hydrogen-bond acceptors (Lipinski definition) is 6. The first kappa shape index (κ1) is 13.2. The van der Waals surface area contributed by atoms with Crippen molar-refractivity contribution in [3.05, 3.63) is 5.82 Å². The van der Waals surface area contributed by atoms with Crippen molar-refractivity contribution in [3.8, 4) is 0 Å². The van der Waals surface area contributed by atoms with Crippen molar-refractivity contribution in [2.24, 2.45) is 0 Å². The van der Waals surface area contributed by atoms with Crippen LogP contribution in [0.4, 0.5) is 5.13 Å². The van der Waals surface area contributed by atoms with E-state index in [1.165, 1.54) is 11.5 Å². The second-order valence-electron chi connectivity index (χ2n) is 4.75. The quantitative estimate of drug-likeness (QED) is 0.875. The molecule has 0 aliphatic carbocycles. The maximum absolute atomic E-state index is 10.6. The third kappa shape index (κ3) is 3.17. The summed E-state index contributed by atoms with van der Waals surface area (Å²) in [6.45, 7) is 7.46. The van der Waals surface area contributed by atoms with Crippen molar-refractivity contribution in [3.63, 3.8) is 0 Å². The van der Waals surface area contributed by atoms with E-state index < -0.39 is 5.97 Å². The smallest absolute Gasteiger partial charge is 0.317 e. The van der Waals surface area contributed by atoms with Crippen LogP contribution in [0.1, 0.15) is 25.6 Å². The van der Waals surface area contributed by atoms with Crippen LogP contribution in [-0.4, -0.2) is 58.1 Å². The van der Waals surface area contributed by atoms with E-state index in [-0.39, 0.29) is 6.54 Å². The molecule has 0 unspecified atom stereocenters. The number of carboxylic acids is 1. The Balaban J connectivity index is 1.90. The molecule has 2 rings (SSSR count). The predicted octanol–water partition coefficient (Wildman–Crippen LogP) is 0.868. The van der Waals surface area contributed by atoms with Gasteiger partial charge < -0.3 is 10.0 Å². The molecule has 100 valence electrons. The van der Waals surface area contributed by atoms with E-state index in [9.17, 15) is 4.79 Å². The van der Waals surface area contributed by atoms with Gasteiger partial charge in [0.25, 0.3) is 0 Å². The number of anilines is 1. The molecule has 18 heavy (non-hydrogen) atoms. The van der Waals surface area contributed by atoms with Crippen molar-refractivity contribution < 1.29 is 9.90 Å². The first-order chi connectivity index (χ1) is 8.56.